The Bertz CT molecular complexity index is 254. The van der Waals surface area contributed by atoms with Crippen molar-refractivity contribution in [2.45, 2.75) is 33.1 Å². The fraction of sp³-hybridized carbons (Fsp3) is 0.500. The second-order valence-corrected chi connectivity index (χ2v) is 4.10. The minimum Gasteiger partial charge on any atom is -0.0953 e. The molecule has 72 valence electrons. The van der Waals surface area contributed by atoms with Gasteiger partial charge in [-0.15, -0.1) is 0 Å². The van der Waals surface area contributed by atoms with E-state index in [1.54, 1.807) is 0 Å². The zero-order valence-electron chi connectivity index (χ0n) is 8.44. The Balaban J connectivity index is 2.55. The smallest absolute Gasteiger partial charge is 0.0363 e. The number of hydrogen-bond donors (Lipinski definition) is 0. The van der Waals surface area contributed by atoms with Crippen LogP contribution >= 0.6 is 11.6 Å². The van der Waals surface area contributed by atoms with Gasteiger partial charge < -0.3 is 0 Å². The summed E-state index contributed by atoms with van der Waals surface area (Å²) in [6.07, 6.45) is 9.65. The van der Waals surface area contributed by atoms with E-state index >= 15 is 0 Å². The van der Waals surface area contributed by atoms with Crippen LogP contribution in [0.4, 0.5) is 0 Å². The second kappa shape index (κ2) is 4.15. The van der Waals surface area contributed by atoms with Gasteiger partial charge in [0.1, 0.15) is 0 Å². The average Bonchev–Trinajstić information content (AvgIpc) is 2.94. The van der Waals surface area contributed by atoms with Crippen LogP contribution in [0, 0.1) is 5.41 Å². The molecule has 1 aliphatic carbocycles. The third kappa shape index (κ3) is 2.47. The summed E-state index contributed by atoms with van der Waals surface area (Å²) >= 11 is 5.86. The van der Waals surface area contributed by atoms with Gasteiger partial charge >= 0.3 is 0 Å². The van der Waals surface area contributed by atoms with Crippen molar-refractivity contribution in [1.29, 1.82) is 0 Å². The predicted molar refractivity (Wildman–Crippen MR) is 59.8 cm³/mol. The van der Waals surface area contributed by atoms with Crippen LogP contribution in [0.2, 0.25) is 0 Å². The molecule has 1 aliphatic rings. The van der Waals surface area contributed by atoms with Gasteiger partial charge in [0, 0.05) is 5.03 Å². The molecule has 0 nitrogen and oxygen atoms in total. The molecule has 0 spiro atoms. The Labute approximate surface area is 86.0 Å². The molecule has 0 atom stereocenters. The van der Waals surface area contributed by atoms with E-state index in [1.165, 1.54) is 24.8 Å². The number of halogens is 1. The van der Waals surface area contributed by atoms with Gasteiger partial charge in [-0.3, -0.25) is 0 Å². The molecule has 0 radical (unpaired) electrons. The summed E-state index contributed by atoms with van der Waals surface area (Å²) in [6, 6.07) is 0. The van der Waals surface area contributed by atoms with Gasteiger partial charge in [-0.2, -0.15) is 0 Å². The first-order valence-corrected chi connectivity index (χ1v) is 5.21. The van der Waals surface area contributed by atoms with Gasteiger partial charge in [-0.25, -0.2) is 0 Å². The summed E-state index contributed by atoms with van der Waals surface area (Å²) in [4.78, 5) is 0. The van der Waals surface area contributed by atoms with Crippen molar-refractivity contribution in [3.63, 3.8) is 0 Å². The summed E-state index contributed by atoms with van der Waals surface area (Å²) in [5.41, 5.74) is 1.65. The Kier molecular flexibility index (Phi) is 3.38. The van der Waals surface area contributed by atoms with Crippen molar-refractivity contribution >= 4 is 11.6 Å². The van der Waals surface area contributed by atoms with Crippen molar-refractivity contribution in [2.24, 2.45) is 5.41 Å². The highest BCUT2D eigenvalue weighted by Crippen LogP contribution is 2.54. The van der Waals surface area contributed by atoms with Crippen LogP contribution in [-0.2, 0) is 0 Å². The summed E-state index contributed by atoms with van der Waals surface area (Å²) in [5.74, 6) is 0. The topological polar surface area (TPSA) is 0 Å². The van der Waals surface area contributed by atoms with E-state index < -0.39 is 0 Å². The molecule has 0 amide bonds. The van der Waals surface area contributed by atoms with Crippen LogP contribution in [0.1, 0.15) is 33.1 Å². The Hall–Kier alpha value is -0.490. The summed E-state index contributed by atoms with van der Waals surface area (Å²) < 4.78 is 0. The molecule has 1 saturated carbocycles. The summed E-state index contributed by atoms with van der Waals surface area (Å²) in [5, 5.41) is 0.785. The minimum absolute atomic E-state index is 0.418. The first kappa shape index (κ1) is 10.6. The maximum absolute atomic E-state index is 5.86. The zero-order chi connectivity index (χ0) is 9.90. The SMILES string of the molecule is C=C(/C=C\C(Cl)=C/C)C1(CC)CC1. The zero-order valence-corrected chi connectivity index (χ0v) is 9.19. The quantitative estimate of drug-likeness (QED) is 0.584. The van der Waals surface area contributed by atoms with Gasteiger partial charge in [-0.1, -0.05) is 37.3 Å². The first-order chi connectivity index (χ1) is 6.14. The molecule has 1 rings (SSSR count). The van der Waals surface area contributed by atoms with Gasteiger partial charge in [0.25, 0.3) is 0 Å². The fourth-order valence-electron chi connectivity index (χ4n) is 1.51. The van der Waals surface area contributed by atoms with Crippen molar-refractivity contribution in [3.8, 4) is 0 Å². The van der Waals surface area contributed by atoms with Crippen molar-refractivity contribution in [1.82, 2.24) is 0 Å². The molecule has 1 fully saturated rings. The predicted octanol–water partition coefficient (Wildman–Crippen LogP) is 4.43. The molecular weight excluding hydrogens is 180 g/mol. The fourth-order valence-corrected chi connectivity index (χ4v) is 1.57. The molecule has 0 saturated heterocycles. The third-order valence-electron chi connectivity index (χ3n) is 2.93. The van der Waals surface area contributed by atoms with Crippen LogP contribution < -0.4 is 0 Å². The van der Waals surface area contributed by atoms with E-state index in [0.717, 1.165) is 5.03 Å². The van der Waals surface area contributed by atoms with E-state index in [4.69, 9.17) is 11.6 Å². The molecule has 0 unspecified atom stereocenters. The highest BCUT2D eigenvalue weighted by atomic mass is 35.5. The van der Waals surface area contributed by atoms with E-state index in [1.807, 2.05) is 19.1 Å². The van der Waals surface area contributed by atoms with Gasteiger partial charge in [-0.05, 0) is 43.3 Å². The van der Waals surface area contributed by atoms with Gasteiger partial charge in [0.2, 0.25) is 0 Å². The molecule has 0 N–H and O–H groups in total. The maximum atomic E-state index is 5.86. The van der Waals surface area contributed by atoms with Crippen LogP contribution in [0.25, 0.3) is 0 Å². The summed E-state index contributed by atoms with van der Waals surface area (Å²) in [6.45, 7) is 8.25. The Morgan fingerprint density at radius 2 is 2.08 bits per heavy atom. The molecule has 1 heteroatoms. The van der Waals surface area contributed by atoms with E-state index in [0.29, 0.717) is 5.41 Å². The lowest BCUT2D eigenvalue weighted by atomic mass is 9.94. The Morgan fingerprint density at radius 3 is 2.46 bits per heavy atom. The minimum atomic E-state index is 0.418. The molecule has 0 heterocycles. The molecule has 0 bridgehead atoms. The highest BCUT2D eigenvalue weighted by Gasteiger charge is 2.41. The van der Waals surface area contributed by atoms with Crippen LogP contribution in [-0.4, -0.2) is 0 Å². The van der Waals surface area contributed by atoms with Gasteiger partial charge in [0.15, 0.2) is 0 Å². The molecule has 0 aromatic carbocycles. The molecule has 13 heavy (non-hydrogen) atoms. The first-order valence-electron chi connectivity index (χ1n) is 4.84. The normalized spacial score (nSPS) is 20.7. The number of rotatable bonds is 4. The Morgan fingerprint density at radius 1 is 1.46 bits per heavy atom. The maximum Gasteiger partial charge on any atom is 0.0363 e. The van der Waals surface area contributed by atoms with Crippen LogP contribution in [0.3, 0.4) is 0 Å². The van der Waals surface area contributed by atoms with Crippen molar-refractivity contribution in [2.75, 3.05) is 0 Å². The van der Waals surface area contributed by atoms with Crippen molar-refractivity contribution in [3.05, 3.63) is 35.4 Å². The van der Waals surface area contributed by atoms with Crippen molar-refractivity contribution < 1.29 is 0 Å². The number of hydrogen-bond acceptors (Lipinski definition) is 0. The second-order valence-electron chi connectivity index (χ2n) is 3.67. The molecular formula is C12H17Cl. The van der Waals surface area contributed by atoms with Crippen LogP contribution in [0.15, 0.2) is 35.4 Å². The molecule has 0 aliphatic heterocycles. The largest absolute Gasteiger partial charge is 0.0953 e. The number of allylic oxidation sites excluding steroid dienone is 5. The standard InChI is InChI=1S/C12H17Cl/c1-4-11(13)7-6-10(3)12(5-2)8-9-12/h4,6-7H,3,5,8-9H2,1-2H3/b7-6-,11-4+. The highest BCUT2D eigenvalue weighted by molar-refractivity contribution is 6.31. The lowest BCUT2D eigenvalue weighted by Gasteiger charge is -2.11. The van der Waals surface area contributed by atoms with E-state index in [9.17, 15) is 0 Å². The van der Waals surface area contributed by atoms with Gasteiger partial charge in [0.05, 0.1) is 0 Å². The van der Waals surface area contributed by atoms with E-state index in [2.05, 4.69) is 19.6 Å². The lowest BCUT2D eigenvalue weighted by Crippen LogP contribution is -1.98. The molecule has 0 aromatic heterocycles. The third-order valence-corrected chi connectivity index (χ3v) is 3.28. The van der Waals surface area contributed by atoms with E-state index in [-0.39, 0.29) is 0 Å². The summed E-state index contributed by atoms with van der Waals surface area (Å²) in [7, 11) is 0. The van der Waals surface area contributed by atoms with Crippen LogP contribution in [0.5, 0.6) is 0 Å². The average molecular weight is 197 g/mol. The molecule has 0 aromatic rings. The monoisotopic (exact) mass is 196 g/mol. The lowest BCUT2D eigenvalue weighted by molar-refractivity contribution is 0.599.